The molecule has 0 aliphatic rings. The lowest BCUT2D eigenvalue weighted by Crippen LogP contribution is -2.32. The number of benzene rings is 1. The molecule has 92 valence electrons. The molecule has 1 aromatic carbocycles. The van der Waals surface area contributed by atoms with Crippen LogP contribution in [0.15, 0.2) is 18.2 Å². The molecule has 0 bridgehead atoms. The van der Waals surface area contributed by atoms with Crippen LogP contribution in [0.2, 0.25) is 0 Å². The summed E-state index contributed by atoms with van der Waals surface area (Å²) >= 11 is 0. The van der Waals surface area contributed by atoms with Gasteiger partial charge in [0.1, 0.15) is 11.6 Å². The topological polar surface area (TPSA) is 46.2 Å². The Bertz CT molecular complexity index is 444. The summed E-state index contributed by atoms with van der Waals surface area (Å²) in [4.78, 5) is 22.7. The van der Waals surface area contributed by atoms with Crippen LogP contribution >= 0.6 is 0 Å². The molecule has 17 heavy (non-hydrogen) atoms. The zero-order chi connectivity index (χ0) is 13.0. The highest BCUT2D eigenvalue weighted by Gasteiger charge is 2.14. The van der Waals surface area contributed by atoms with Gasteiger partial charge in [-0.1, -0.05) is 13.8 Å². The Morgan fingerprint density at radius 1 is 1.29 bits per heavy atom. The van der Waals surface area contributed by atoms with Gasteiger partial charge in [0.15, 0.2) is 5.78 Å². The molecule has 3 nitrogen and oxygen atoms in total. The van der Waals surface area contributed by atoms with Gasteiger partial charge in [0.25, 0.3) is 5.91 Å². The van der Waals surface area contributed by atoms with E-state index in [1.807, 2.05) is 0 Å². The molecule has 0 saturated carbocycles. The van der Waals surface area contributed by atoms with E-state index in [2.05, 4.69) is 5.32 Å². The van der Waals surface area contributed by atoms with E-state index in [-0.39, 0.29) is 18.2 Å². The van der Waals surface area contributed by atoms with Crippen molar-refractivity contribution >= 4 is 11.7 Å². The van der Waals surface area contributed by atoms with Crippen LogP contribution in [0.4, 0.5) is 8.78 Å². The van der Waals surface area contributed by atoms with Crippen LogP contribution in [-0.2, 0) is 4.79 Å². The van der Waals surface area contributed by atoms with Gasteiger partial charge in [-0.25, -0.2) is 8.78 Å². The van der Waals surface area contributed by atoms with Gasteiger partial charge < -0.3 is 5.32 Å². The van der Waals surface area contributed by atoms with Gasteiger partial charge in [-0.3, -0.25) is 9.59 Å². The third kappa shape index (κ3) is 3.62. The molecular formula is C12H13F2NO2. The maximum Gasteiger partial charge on any atom is 0.254 e. The van der Waals surface area contributed by atoms with Crippen molar-refractivity contribution < 1.29 is 18.4 Å². The Labute approximate surface area is 97.8 Å². The van der Waals surface area contributed by atoms with Gasteiger partial charge in [-0.05, 0) is 18.2 Å². The van der Waals surface area contributed by atoms with Crippen LogP contribution in [0.25, 0.3) is 0 Å². The van der Waals surface area contributed by atoms with Gasteiger partial charge >= 0.3 is 0 Å². The number of nitrogens with one attached hydrogen (secondary N) is 1. The second kappa shape index (κ2) is 5.52. The van der Waals surface area contributed by atoms with E-state index in [0.717, 1.165) is 18.2 Å². The summed E-state index contributed by atoms with van der Waals surface area (Å²) in [7, 11) is 0. The number of amides is 1. The maximum absolute atomic E-state index is 13.2. The number of carbonyl (C=O) groups is 2. The summed E-state index contributed by atoms with van der Waals surface area (Å²) in [5.74, 6) is -2.70. The highest BCUT2D eigenvalue weighted by molar-refractivity contribution is 5.97. The lowest BCUT2D eigenvalue weighted by atomic mass is 10.1. The van der Waals surface area contributed by atoms with Crippen molar-refractivity contribution in [2.45, 2.75) is 13.8 Å². The Morgan fingerprint density at radius 2 is 1.94 bits per heavy atom. The molecule has 0 aromatic heterocycles. The fraction of sp³-hybridized carbons (Fsp3) is 0.333. The third-order valence-corrected chi connectivity index (χ3v) is 2.24. The molecule has 0 saturated heterocycles. The molecule has 0 unspecified atom stereocenters. The first-order valence-electron chi connectivity index (χ1n) is 5.17. The Morgan fingerprint density at radius 3 is 2.53 bits per heavy atom. The number of carbonyl (C=O) groups excluding carboxylic acids is 2. The number of halogens is 2. The highest BCUT2D eigenvalue weighted by atomic mass is 19.1. The average Bonchev–Trinajstić information content (AvgIpc) is 2.28. The van der Waals surface area contributed by atoms with E-state index in [1.54, 1.807) is 13.8 Å². The summed E-state index contributed by atoms with van der Waals surface area (Å²) in [6.45, 7) is 3.20. The molecule has 0 aliphatic carbocycles. The maximum atomic E-state index is 13.2. The van der Waals surface area contributed by atoms with Crippen molar-refractivity contribution in [1.82, 2.24) is 5.32 Å². The second-order valence-electron chi connectivity index (χ2n) is 3.93. The fourth-order valence-electron chi connectivity index (χ4n) is 1.14. The van der Waals surface area contributed by atoms with Crippen LogP contribution in [0, 0.1) is 17.6 Å². The predicted octanol–water partition coefficient (Wildman–Crippen LogP) is 1.92. The largest absolute Gasteiger partial charge is 0.345 e. The van der Waals surface area contributed by atoms with Crippen LogP contribution in [0.3, 0.4) is 0 Å². The summed E-state index contributed by atoms with van der Waals surface area (Å²) in [5, 5.41) is 2.25. The summed E-state index contributed by atoms with van der Waals surface area (Å²) in [6, 6.07) is 2.59. The Hall–Kier alpha value is -1.78. The predicted molar refractivity (Wildman–Crippen MR) is 58.5 cm³/mol. The van der Waals surface area contributed by atoms with Crippen LogP contribution < -0.4 is 5.32 Å². The molecule has 0 radical (unpaired) electrons. The van der Waals surface area contributed by atoms with E-state index in [9.17, 15) is 18.4 Å². The highest BCUT2D eigenvalue weighted by Crippen LogP contribution is 2.09. The van der Waals surface area contributed by atoms with Gasteiger partial charge in [0.2, 0.25) is 0 Å². The van der Waals surface area contributed by atoms with E-state index in [4.69, 9.17) is 0 Å². The molecular weight excluding hydrogens is 228 g/mol. The second-order valence-corrected chi connectivity index (χ2v) is 3.93. The van der Waals surface area contributed by atoms with Crippen molar-refractivity contribution in [2.24, 2.45) is 5.92 Å². The number of rotatable bonds is 4. The smallest absolute Gasteiger partial charge is 0.254 e. The zero-order valence-corrected chi connectivity index (χ0v) is 9.59. The van der Waals surface area contributed by atoms with Crippen LogP contribution in [-0.4, -0.2) is 18.2 Å². The number of hydrogen-bond acceptors (Lipinski definition) is 2. The molecule has 1 amide bonds. The quantitative estimate of drug-likeness (QED) is 0.875. The molecule has 1 N–H and O–H groups in total. The SMILES string of the molecule is CC(C)C(=O)CNC(=O)c1cc(F)ccc1F. The zero-order valence-electron chi connectivity index (χ0n) is 9.59. The summed E-state index contributed by atoms with van der Waals surface area (Å²) in [6.07, 6.45) is 0. The van der Waals surface area contributed by atoms with Gasteiger partial charge in [-0.15, -0.1) is 0 Å². The molecule has 0 heterocycles. The van der Waals surface area contributed by atoms with Crippen LogP contribution in [0.5, 0.6) is 0 Å². The van der Waals surface area contributed by atoms with E-state index < -0.39 is 23.1 Å². The first-order chi connectivity index (χ1) is 7.91. The first kappa shape index (κ1) is 13.3. The molecule has 1 rings (SSSR count). The molecule has 0 spiro atoms. The Kier molecular flexibility index (Phi) is 4.31. The standard InChI is InChI=1S/C12H13F2NO2/c1-7(2)11(16)6-15-12(17)9-5-8(13)3-4-10(9)14/h3-5,7H,6H2,1-2H3,(H,15,17). The molecule has 1 aromatic rings. The number of ketones is 1. The van der Waals surface area contributed by atoms with Crippen molar-refractivity contribution in [3.8, 4) is 0 Å². The van der Waals surface area contributed by atoms with E-state index in [0.29, 0.717) is 0 Å². The first-order valence-corrected chi connectivity index (χ1v) is 5.17. The fourth-order valence-corrected chi connectivity index (χ4v) is 1.14. The minimum Gasteiger partial charge on any atom is -0.345 e. The normalized spacial score (nSPS) is 10.4. The Balaban J connectivity index is 2.70. The van der Waals surface area contributed by atoms with Crippen molar-refractivity contribution in [1.29, 1.82) is 0 Å². The monoisotopic (exact) mass is 241 g/mol. The number of Topliss-reactive ketones (excluding diaryl/α,β-unsaturated/α-hetero) is 1. The molecule has 0 atom stereocenters. The number of hydrogen-bond donors (Lipinski definition) is 1. The van der Waals surface area contributed by atoms with Crippen molar-refractivity contribution in [3.05, 3.63) is 35.4 Å². The summed E-state index contributed by atoms with van der Waals surface area (Å²) < 4.78 is 26.0. The van der Waals surface area contributed by atoms with E-state index in [1.165, 1.54) is 0 Å². The van der Waals surface area contributed by atoms with Gasteiger partial charge in [0.05, 0.1) is 12.1 Å². The average molecular weight is 241 g/mol. The van der Waals surface area contributed by atoms with Crippen LogP contribution in [0.1, 0.15) is 24.2 Å². The minimum absolute atomic E-state index is 0.171. The van der Waals surface area contributed by atoms with E-state index >= 15 is 0 Å². The molecule has 5 heteroatoms. The lowest BCUT2D eigenvalue weighted by molar-refractivity contribution is -0.120. The van der Waals surface area contributed by atoms with Gasteiger partial charge in [0, 0.05) is 5.92 Å². The summed E-state index contributed by atoms with van der Waals surface area (Å²) in [5.41, 5.74) is -0.401. The van der Waals surface area contributed by atoms with Crippen molar-refractivity contribution in [3.63, 3.8) is 0 Å². The lowest BCUT2D eigenvalue weighted by Gasteiger charge is -2.07. The van der Waals surface area contributed by atoms with Crippen molar-refractivity contribution in [2.75, 3.05) is 6.54 Å². The minimum atomic E-state index is -0.819. The molecule has 0 fully saturated rings. The third-order valence-electron chi connectivity index (χ3n) is 2.24. The molecule has 0 aliphatic heterocycles. The van der Waals surface area contributed by atoms with Gasteiger partial charge in [-0.2, -0.15) is 0 Å².